The predicted octanol–water partition coefficient (Wildman–Crippen LogP) is 3.37. The van der Waals surface area contributed by atoms with Gasteiger partial charge in [0.25, 0.3) is 0 Å². The molecule has 0 spiro atoms. The molecule has 0 aromatic heterocycles. The van der Waals surface area contributed by atoms with Crippen LogP contribution in [0.3, 0.4) is 0 Å². The van der Waals surface area contributed by atoms with Crippen molar-refractivity contribution in [3.8, 4) is 0 Å². The molecule has 0 radical (unpaired) electrons. The Bertz CT molecular complexity index is 610. The molecule has 1 N–H and O–H groups in total. The highest BCUT2D eigenvalue weighted by molar-refractivity contribution is 7.81. The van der Waals surface area contributed by atoms with Gasteiger partial charge in [-0.2, -0.15) is 12.6 Å². The van der Waals surface area contributed by atoms with Crippen LogP contribution in [0.1, 0.15) is 38.3 Å². The minimum atomic E-state index is -0.541. The molecule has 5 nitrogen and oxygen atoms in total. The maximum atomic E-state index is 11.9. The molecule has 23 heavy (non-hydrogen) atoms. The molecule has 0 bridgehead atoms. The first-order valence-corrected chi connectivity index (χ1v) is 8.21. The zero-order valence-corrected chi connectivity index (χ0v) is 14.9. The molecular weight excluding hydrogens is 312 g/mol. The summed E-state index contributed by atoms with van der Waals surface area (Å²) in [4.78, 5) is 25.6. The molecule has 1 aromatic carbocycles. The minimum Gasteiger partial charge on any atom is -0.444 e. The van der Waals surface area contributed by atoms with Crippen molar-refractivity contribution in [2.75, 3.05) is 11.9 Å². The van der Waals surface area contributed by atoms with Crippen LogP contribution < -0.4 is 5.32 Å². The molecule has 0 aliphatic carbocycles. The summed E-state index contributed by atoms with van der Waals surface area (Å²) in [5, 5.41) is 2.83. The van der Waals surface area contributed by atoms with E-state index in [-0.39, 0.29) is 11.2 Å². The molecule has 1 aromatic rings. The predicted molar refractivity (Wildman–Crippen MR) is 93.8 cm³/mol. The van der Waals surface area contributed by atoms with Gasteiger partial charge in [-0.15, -0.1) is 0 Å². The second kappa shape index (κ2) is 6.83. The van der Waals surface area contributed by atoms with Crippen LogP contribution in [0.15, 0.2) is 18.2 Å². The van der Waals surface area contributed by atoms with Gasteiger partial charge in [-0.05, 0) is 51.0 Å². The first-order chi connectivity index (χ1) is 10.6. The quantitative estimate of drug-likeness (QED) is 0.832. The number of rotatable bonds is 3. The lowest BCUT2D eigenvalue weighted by Crippen LogP contribution is -2.27. The van der Waals surface area contributed by atoms with Crippen molar-refractivity contribution in [1.82, 2.24) is 4.90 Å². The third kappa shape index (κ3) is 5.16. The fourth-order valence-electron chi connectivity index (χ4n) is 2.45. The van der Waals surface area contributed by atoms with E-state index in [1.165, 1.54) is 0 Å². The van der Waals surface area contributed by atoms with E-state index in [9.17, 15) is 9.59 Å². The summed E-state index contributed by atoms with van der Waals surface area (Å²) in [7, 11) is 0. The van der Waals surface area contributed by atoms with Crippen molar-refractivity contribution < 1.29 is 14.3 Å². The van der Waals surface area contributed by atoms with E-state index >= 15 is 0 Å². The van der Waals surface area contributed by atoms with Crippen LogP contribution in [0.25, 0.3) is 0 Å². The third-order valence-electron chi connectivity index (χ3n) is 3.55. The maximum Gasteiger partial charge on any atom is 0.412 e. The van der Waals surface area contributed by atoms with Gasteiger partial charge in [0.1, 0.15) is 5.60 Å². The van der Waals surface area contributed by atoms with Crippen LogP contribution in [0, 0.1) is 6.92 Å². The van der Waals surface area contributed by atoms with Crippen molar-refractivity contribution in [3.63, 3.8) is 0 Å². The average molecular weight is 336 g/mol. The molecule has 1 aliphatic heterocycles. The summed E-state index contributed by atoms with van der Waals surface area (Å²) in [5.41, 5.74) is 2.21. The molecule has 1 atom stereocenters. The Labute approximate surface area is 142 Å². The number of nitrogens with zero attached hydrogens (tertiary/aromatic N) is 1. The standard InChI is InChI=1S/C17H24N2O3S/c1-11-5-6-13(18-16(21)22-17(2,3)4)7-12(11)9-19-10-14(23)8-15(19)20/h5-7,14,23H,8-10H2,1-4H3,(H,18,21). The van der Waals surface area contributed by atoms with Gasteiger partial charge < -0.3 is 9.64 Å². The Balaban J connectivity index is 2.07. The number of amides is 2. The number of hydrogen-bond donors (Lipinski definition) is 2. The summed E-state index contributed by atoms with van der Waals surface area (Å²) < 4.78 is 5.25. The zero-order valence-electron chi connectivity index (χ0n) is 14.0. The zero-order chi connectivity index (χ0) is 17.2. The average Bonchev–Trinajstić information content (AvgIpc) is 2.69. The van der Waals surface area contributed by atoms with Crippen LogP contribution in [0.5, 0.6) is 0 Å². The van der Waals surface area contributed by atoms with E-state index in [1.54, 1.807) is 4.90 Å². The van der Waals surface area contributed by atoms with Gasteiger partial charge in [0.05, 0.1) is 0 Å². The molecule has 0 saturated carbocycles. The van der Waals surface area contributed by atoms with Gasteiger partial charge in [0.2, 0.25) is 5.91 Å². The molecule has 1 saturated heterocycles. The number of thiol groups is 1. The first-order valence-electron chi connectivity index (χ1n) is 7.69. The number of anilines is 1. The summed E-state index contributed by atoms with van der Waals surface area (Å²) >= 11 is 4.37. The maximum absolute atomic E-state index is 11.9. The Morgan fingerprint density at radius 1 is 1.43 bits per heavy atom. The molecule has 2 amide bonds. The minimum absolute atomic E-state index is 0.103. The van der Waals surface area contributed by atoms with E-state index in [0.717, 1.165) is 11.1 Å². The number of hydrogen-bond acceptors (Lipinski definition) is 4. The number of nitrogens with one attached hydrogen (secondary N) is 1. The van der Waals surface area contributed by atoms with Crippen molar-refractivity contribution in [2.24, 2.45) is 0 Å². The van der Waals surface area contributed by atoms with Crippen LogP contribution in [-0.2, 0) is 16.1 Å². The summed E-state index contributed by atoms with van der Waals surface area (Å²) in [6.45, 7) is 8.64. The van der Waals surface area contributed by atoms with Gasteiger partial charge in [0.15, 0.2) is 0 Å². The molecule has 2 rings (SSSR count). The number of ether oxygens (including phenoxy) is 1. The van der Waals surface area contributed by atoms with Gasteiger partial charge in [-0.3, -0.25) is 10.1 Å². The summed E-state index contributed by atoms with van der Waals surface area (Å²) in [6, 6.07) is 5.65. The van der Waals surface area contributed by atoms with E-state index in [2.05, 4.69) is 17.9 Å². The van der Waals surface area contributed by atoms with Crippen LogP contribution in [0.2, 0.25) is 0 Å². The smallest absolute Gasteiger partial charge is 0.412 e. The van der Waals surface area contributed by atoms with Crippen molar-refractivity contribution in [2.45, 2.75) is 51.5 Å². The Morgan fingerprint density at radius 3 is 2.70 bits per heavy atom. The number of likely N-dealkylation sites (tertiary alicyclic amines) is 1. The molecule has 1 fully saturated rings. The first kappa shape index (κ1) is 17.7. The fraction of sp³-hybridized carbons (Fsp3) is 0.529. The normalized spacial score (nSPS) is 18.2. The fourth-order valence-corrected chi connectivity index (χ4v) is 2.80. The number of benzene rings is 1. The van der Waals surface area contributed by atoms with E-state index in [4.69, 9.17) is 4.74 Å². The van der Waals surface area contributed by atoms with Crippen LogP contribution in [0.4, 0.5) is 10.5 Å². The van der Waals surface area contributed by atoms with E-state index in [1.807, 2.05) is 45.9 Å². The highest BCUT2D eigenvalue weighted by Crippen LogP contribution is 2.22. The van der Waals surface area contributed by atoms with Gasteiger partial charge in [0, 0.05) is 30.4 Å². The highest BCUT2D eigenvalue weighted by atomic mass is 32.1. The second-order valence-corrected chi connectivity index (χ2v) is 7.63. The Kier molecular flexibility index (Phi) is 5.24. The lowest BCUT2D eigenvalue weighted by Gasteiger charge is -2.21. The SMILES string of the molecule is Cc1ccc(NC(=O)OC(C)(C)C)cc1CN1CC(S)CC1=O. The van der Waals surface area contributed by atoms with Crippen molar-refractivity contribution in [3.05, 3.63) is 29.3 Å². The number of carbonyl (C=O) groups is 2. The number of aryl methyl sites for hydroxylation is 1. The van der Waals surface area contributed by atoms with Crippen LogP contribution >= 0.6 is 12.6 Å². The van der Waals surface area contributed by atoms with E-state index in [0.29, 0.717) is 25.2 Å². The molecule has 1 unspecified atom stereocenters. The molecule has 126 valence electrons. The van der Waals surface area contributed by atoms with Crippen molar-refractivity contribution >= 4 is 30.3 Å². The molecule has 1 aliphatic rings. The van der Waals surface area contributed by atoms with Crippen LogP contribution in [-0.4, -0.2) is 34.3 Å². The highest BCUT2D eigenvalue weighted by Gasteiger charge is 2.27. The second-order valence-electron chi connectivity index (χ2n) is 6.90. The third-order valence-corrected chi connectivity index (χ3v) is 3.90. The lowest BCUT2D eigenvalue weighted by molar-refractivity contribution is -0.128. The van der Waals surface area contributed by atoms with E-state index < -0.39 is 11.7 Å². The summed E-state index contributed by atoms with van der Waals surface area (Å²) in [6.07, 6.45) is -0.00200. The molecular formula is C17H24N2O3S. The summed E-state index contributed by atoms with van der Waals surface area (Å²) in [5.74, 6) is 0.120. The monoisotopic (exact) mass is 336 g/mol. The molecule has 6 heteroatoms. The number of carbonyl (C=O) groups excluding carboxylic acids is 2. The Hall–Kier alpha value is -1.69. The Morgan fingerprint density at radius 2 is 2.13 bits per heavy atom. The van der Waals surface area contributed by atoms with Gasteiger partial charge in [-0.1, -0.05) is 6.07 Å². The van der Waals surface area contributed by atoms with Gasteiger partial charge >= 0.3 is 6.09 Å². The van der Waals surface area contributed by atoms with Crippen molar-refractivity contribution in [1.29, 1.82) is 0 Å². The molecule has 1 heterocycles. The lowest BCUT2D eigenvalue weighted by atomic mass is 10.1. The van der Waals surface area contributed by atoms with Gasteiger partial charge in [-0.25, -0.2) is 4.79 Å². The largest absolute Gasteiger partial charge is 0.444 e. The topological polar surface area (TPSA) is 58.6 Å².